The van der Waals surface area contributed by atoms with Gasteiger partial charge < -0.3 is 9.15 Å². The number of nitrogens with zero attached hydrogens (tertiary/aromatic N) is 2. The normalized spacial score (nSPS) is 12.5. The molecule has 5 nitrogen and oxygen atoms in total. The van der Waals surface area contributed by atoms with Gasteiger partial charge >= 0.3 is 5.97 Å². The van der Waals surface area contributed by atoms with Crippen molar-refractivity contribution >= 4 is 23.1 Å². The van der Waals surface area contributed by atoms with E-state index in [-0.39, 0.29) is 5.57 Å². The van der Waals surface area contributed by atoms with Gasteiger partial charge in [-0.3, -0.25) is 0 Å². The largest absolute Gasteiger partial charge is 0.461 e. The minimum absolute atomic E-state index is 0.00467. The highest BCUT2D eigenvalue weighted by Crippen LogP contribution is 2.24. The van der Waals surface area contributed by atoms with Crippen molar-refractivity contribution in [1.82, 2.24) is 4.98 Å². The predicted octanol–water partition coefficient (Wildman–Crippen LogP) is 6.16. The molecule has 0 saturated carbocycles. The van der Waals surface area contributed by atoms with Crippen molar-refractivity contribution in [2.75, 3.05) is 6.61 Å². The first-order valence-electron chi connectivity index (χ1n) is 10.4. The molecule has 0 fully saturated rings. The van der Waals surface area contributed by atoms with Crippen molar-refractivity contribution in [3.63, 3.8) is 0 Å². The summed E-state index contributed by atoms with van der Waals surface area (Å²) in [6, 6.07) is 16.9. The number of rotatable bonds is 9. The number of oxazole rings is 1. The first-order valence-corrected chi connectivity index (χ1v) is 10.4. The Labute approximate surface area is 177 Å². The molecule has 1 heterocycles. The van der Waals surface area contributed by atoms with E-state index in [4.69, 9.17) is 9.15 Å². The lowest BCUT2D eigenvalue weighted by molar-refractivity contribution is -0.139. The molecule has 3 aromatic rings. The van der Waals surface area contributed by atoms with Crippen LogP contribution in [-0.2, 0) is 9.53 Å². The van der Waals surface area contributed by atoms with Crippen LogP contribution in [0.4, 0.5) is 0 Å². The summed E-state index contributed by atoms with van der Waals surface area (Å²) in [6.45, 7) is 4.59. The fourth-order valence-electron chi connectivity index (χ4n) is 3.19. The molecule has 154 valence electrons. The van der Waals surface area contributed by atoms with Crippen LogP contribution >= 0.6 is 0 Å². The number of hydrogen-bond donors (Lipinski definition) is 0. The Kier molecular flexibility index (Phi) is 7.40. The molecule has 0 radical (unpaired) electrons. The molecule has 0 spiro atoms. The van der Waals surface area contributed by atoms with Gasteiger partial charge in [-0.2, -0.15) is 5.26 Å². The van der Waals surface area contributed by atoms with Crippen molar-refractivity contribution in [1.29, 1.82) is 5.26 Å². The SMILES string of the molecule is CCCCC(CC)COC(=O)/C(C#N)=C/c1ccc(-c2nc3ccccc3o2)cc1. The zero-order valence-corrected chi connectivity index (χ0v) is 17.4. The molecule has 0 aliphatic rings. The van der Waals surface area contributed by atoms with Gasteiger partial charge in [-0.1, -0.05) is 57.4 Å². The van der Waals surface area contributed by atoms with Crippen LogP contribution in [0.5, 0.6) is 0 Å². The number of carbonyl (C=O) groups excluding carboxylic acids is 1. The van der Waals surface area contributed by atoms with E-state index in [1.165, 1.54) is 0 Å². The third-order valence-corrected chi connectivity index (χ3v) is 5.10. The summed E-state index contributed by atoms with van der Waals surface area (Å²) in [4.78, 5) is 16.8. The maximum Gasteiger partial charge on any atom is 0.348 e. The smallest absolute Gasteiger partial charge is 0.348 e. The molecular formula is C25H26N2O3. The summed E-state index contributed by atoms with van der Waals surface area (Å²) in [7, 11) is 0. The number of nitriles is 1. The number of ether oxygens (including phenoxy) is 1. The fourth-order valence-corrected chi connectivity index (χ4v) is 3.19. The monoisotopic (exact) mass is 402 g/mol. The van der Waals surface area contributed by atoms with E-state index in [1.54, 1.807) is 6.08 Å². The second kappa shape index (κ2) is 10.4. The minimum atomic E-state index is -0.574. The lowest BCUT2D eigenvalue weighted by Crippen LogP contribution is -2.14. The number of carbonyl (C=O) groups is 1. The molecule has 0 saturated heterocycles. The molecule has 2 aromatic carbocycles. The molecule has 0 amide bonds. The van der Waals surface area contributed by atoms with Gasteiger partial charge in [0.1, 0.15) is 17.2 Å². The number of para-hydroxylation sites is 2. The average Bonchev–Trinajstić information content (AvgIpc) is 3.22. The number of fused-ring (bicyclic) bond motifs is 1. The Hall–Kier alpha value is -3.39. The number of aromatic nitrogens is 1. The quantitative estimate of drug-likeness (QED) is 0.243. The van der Waals surface area contributed by atoms with Crippen molar-refractivity contribution in [2.45, 2.75) is 39.5 Å². The van der Waals surface area contributed by atoms with Crippen LogP contribution in [0.3, 0.4) is 0 Å². The summed E-state index contributed by atoms with van der Waals surface area (Å²) in [5.74, 6) is 0.296. The van der Waals surface area contributed by atoms with Crippen LogP contribution < -0.4 is 0 Å². The van der Waals surface area contributed by atoms with Gasteiger partial charge in [-0.05, 0) is 48.2 Å². The second-order valence-electron chi connectivity index (χ2n) is 7.29. The van der Waals surface area contributed by atoms with Crippen LogP contribution in [0.1, 0.15) is 45.1 Å². The van der Waals surface area contributed by atoms with Gasteiger partial charge in [-0.15, -0.1) is 0 Å². The Morgan fingerprint density at radius 2 is 1.97 bits per heavy atom. The van der Waals surface area contributed by atoms with Gasteiger partial charge in [0.25, 0.3) is 0 Å². The summed E-state index contributed by atoms with van der Waals surface area (Å²) in [5.41, 5.74) is 3.09. The van der Waals surface area contributed by atoms with Gasteiger partial charge in [-0.25, -0.2) is 9.78 Å². The Morgan fingerprint density at radius 3 is 2.63 bits per heavy atom. The van der Waals surface area contributed by atoms with E-state index in [2.05, 4.69) is 18.8 Å². The van der Waals surface area contributed by atoms with E-state index in [9.17, 15) is 10.1 Å². The highest BCUT2D eigenvalue weighted by Gasteiger charge is 2.14. The third kappa shape index (κ3) is 5.36. The highest BCUT2D eigenvalue weighted by atomic mass is 16.5. The van der Waals surface area contributed by atoms with Crippen molar-refractivity contribution in [2.24, 2.45) is 5.92 Å². The molecule has 0 aliphatic heterocycles. The highest BCUT2D eigenvalue weighted by molar-refractivity contribution is 5.97. The first kappa shape index (κ1) is 21.3. The van der Waals surface area contributed by atoms with E-state index < -0.39 is 5.97 Å². The number of hydrogen-bond acceptors (Lipinski definition) is 5. The zero-order chi connectivity index (χ0) is 21.3. The molecule has 0 aliphatic carbocycles. The molecule has 5 heteroatoms. The van der Waals surface area contributed by atoms with Crippen LogP contribution in [0, 0.1) is 17.2 Å². The summed E-state index contributed by atoms with van der Waals surface area (Å²) in [6.07, 6.45) is 5.77. The first-order chi connectivity index (χ1) is 14.6. The van der Waals surface area contributed by atoms with Gasteiger partial charge in [0.05, 0.1) is 6.61 Å². The van der Waals surface area contributed by atoms with E-state index >= 15 is 0 Å². The van der Waals surface area contributed by atoms with E-state index in [1.807, 2.05) is 54.6 Å². The Balaban J connectivity index is 1.68. The van der Waals surface area contributed by atoms with E-state index in [0.717, 1.165) is 47.9 Å². The van der Waals surface area contributed by atoms with Gasteiger partial charge in [0, 0.05) is 5.56 Å². The molecule has 1 aromatic heterocycles. The predicted molar refractivity (Wildman–Crippen MR) is 117 cm³/mol. The third-order valence-electron chi connectivity index (χ3n) is 5.10. The molecule has 1 atom stereocenters. The van der Waals surface area contributed by atoms with Crippen LogP contribution in [0.25, 0.3) is 28.6 Å². The lowest BCUT2D eigenvalue weighted by Gasteiger charge is -2.14. The molecule has 1 unspecified atom stereocenters. The minimum Gasteiger partial charge on any atom is -0.461 e. The van der Waals surface area contributed by atoms with Crippen LogP contribution in [0.15, 0.2) is 58.5 Å². The summed E-state index contributed by atoms with van der Waals surface area (Å²) >= 11 is 0. The molecule has 0 N–H and O–H groups in total. The van der Waals surface area contributed by atoms with Crippen molar-refractivity contribution in [3.05, 3.63) is 59.7 Å². The van der Waals surface area contributed by atoms with Crippen LogP contribution in [-0.4, -0.2) is 17.6 Å². The maximum absolute atomic E-state index is 12.3. The molecule has 3 rings (SSSR count). The molecule has 0 bridgehead atoms. The molecular weight excluding hydrogens is 376 g/mol. The standard InChI is InChI=1S/C25H26N2O3/c1-3-5-8-18(4-2)17-29-25(28)21(16-26)15-19-11-13-20(14-12-19)24-27-22-9-6-7-10-23(22)30-24/h6-7,9-15,18H,3-5,8,17H2,1-2H3/b21-15+. The van der Waals surface area contributed by atoms with Gasteiger partial charge in [0.2, 0.25) is 5.89 Å². The average molecular weight is 402 g/mol. The number of esters is 1. The molecule has 30 heavy (non-hydrogen) atoms. The zero-order valence-electron chi connectivity index (χ0n) is 17.4. The Bertz CT molecular complexity index is 1020. The number of benzene rings is 2. The van der Waals surface area contributed by atoms with Crippen molar-refractivity contribution < 1.29 is 13.9 Å². The number of unbranched alkanes of at least 4 members (excludes halogenated alkanes) is 1. The second-order valence-corrected chi connectivity index (χ2v) is 7.29. The Morgan fingerprint density at radius 1 is 1.20 bits per heavy atom. The van der Waals surface area contributed by atoms with Crippen LogP contribution in [0.2, 0.25) is 0 Å². The lowest BCUT2D eigenvalue weighted by atomic mass is 10.0. The van der Waals surface area contributed by atoms with E-state index in [0.29, 0.717) is 18.4 Å². The topological polar surface area (TPSA) is 76.1 Å². The fraction of sp³-hybridized carbons (Fsp3) is 0.320. The van der Waals surface area contributed by atoms with Crippen molar-refractivity contribution in [3.8, 4) is 17.5 Å². The van der Waals surface area contributed by atoms with Gasteiger partial charge in [0.15, 0.2) is 5.58 Å². The maximum atomic E-state index is 12.3. The summed E-state index contributed by atoms with van der Waals surface area (Å²) in [5, 5.41) is 9.39. The summed E-state index contributed by atoms with van der Waals surface area (Å²) < 4.78 is 11.2.